The summed E-state index contributed by atoms with van der Waals surface area (Å²) in [4.78, 5) is 6.41. The summed E-state index contributed by atoms with van der Waals surface area (Å²) in [5.74, 6) is -0.261. The molecule has 4 N–H and O–H groups in total. The Bertz CT molecular complexity index is 774. The van der Waals surface area contributed by atoms with Gasteiger partial charge in [0.25, 0.3) is 0 Å². The smallest absolute Gasteiger partial charge is 0.123 e. The van der Waals surface area contributed by atoms with Gasteiger partial charge >= 0.3 is 0 Å². The van der Waals surface area contributed by atoms with Crippen LogP contribution in [0.2, 0.25) is 0 Å². The lowest BCUT2D eigenvalue weighted by Gasteiger charge is -2.23. The summed E-state index contributed by atoms with van der Waals surface area (Å²) >= 11 is 1.51. The molecule has 1 aliphatic heterocycles. The highest BCUT2D eigenvalue weighted by Crippen LogP contribution is 2.24. The number of nitrogens with zero attached hydrogens (tertiary/aromatic N) is 2. The molecule has 2 aromatic rings. The van der Waals surface area contributed by atoms with Crippen LogP contribution in [0.5, 0.6) is 0 Å². The van der Waals surface area contributed by atoms with Crippen LogP contribution in [0.1, 0.15) is 31.4 Å². The van der Waals surface area contributed by atoms with Crippen molar-refractivity contribution in [2.45, 2.75) is 56.7 Å². The fourth-order valence-electron chi connectivity index (χ4n) is 3.63. The molecule has 7 nitrogen and oxygen atoms in total. The van der Waals surface area contributed by atoms with E-state index in [1.54, 1.807) is 12.1 Å². The summed E-state index contributed by atoms with van der Waals surface area (Å²) in [6.07, 6.45) is -0.936. The van der Waals surface area contributed by atoms with Crippen LogP contribution in [0.4, 0.5) is 4.39 Å². The molecule has 9 heteroatoms. The van der Waals surface area contributed by atoms with Crippen LogP contribution in [0, 0.1) is 5.82 Å². The highest BCUT2D eigenvalue weighted by molar-refractivity contribution is 7.13. The van der Waals surface area contributed by atoms with Gasteiger partial charge in [-0.3, -0.25) is 4.90 Å². The molecule has 31 heavy (non-hydrogen) atoms. The second-order valence-corrected chi connectivity index (χ2v) is 8.85. The lowest BCUT2D eigenvalue weighted by Crippen LogP contribution is -2.43. The molecule has 172 valence electrons. The Morgan fingerprint density at radius 1 is 0.968 bits per heavy atom. The average molecular weight is 455 g/mol. The van der Waals surface area contributed by atoms with Crippen LogP contribution in [0.3, 0.4) is 0 Å². The van der Waals surface area contributed by atoms with Crippen molar-refractivity contribution in [3.63, 3.8) is 0 Å². The largest absolute Gasteiger partial charge is 0.389 e. The van der Waals surface area contributed by atoms with E-state index in [4.69, 9.17) is 4.74 Å². The van der Waals surface area contributed by atoms with Crippen molar-refractivity contribution in [3.05, 3.63) is 41.2 Å². The zero-order valence-electron chi connectivity index (χ0n) is 17.4. The number of hydrogen-bond acceptors (Lipinski definition) is 8. The summed E-state index contributed by atoms with van der Waals surface area (Å²) in [6.45, 7) is 2.27. The molecule has 1 aromatic heterocycles. The van der Waals surface area contributed by atoms with Gasteiger partial charge in [0.05, 0.1) is 24.5 Å². The lowest BCUT2D eigenvalue weighted by atomic mass is 10.1. The first-order valence-electron chi connectivity index (χ1n) is 10.7. The van der Waals surface area contributed by atoms with Crippen LogP contribution in [-0.2, 0) is 11.3 Å². The Labute approximate surface area is 185 Å². The molecule has 1 fully saturated rings. The number of hydrogen-bond donors (Lipinski definition) is 4. The number of β-amino-alcohol motifs (C(OH)–C–C–N with tert-alkyl or cyclic N) is 2. The SMILES string of the molecule is O[C@H]1[C@H](O)[C@@H](O)CN(CCCCCCOCc2csc(-c3ccc(F)cc3)n2)C[C@@H]1O. The van der Waals surface area contributed by atoms with Gasteiger partial charge in [-0.05, 0) is 43.7 Å². The number of ether oxygens (including phenoxy) is 1. The van der Waals surface area contributed by atoms with Gasteiger partial charge < -0.3 is 25.2 Å². The molecule has 0 radical (unpaired) electrons. The standard InChI is InChI=1S/C22H31FN2O5S/c23-16-7-5-15(6-8-16)22-24-17(14-31-22)13-30-10-4-2-1-3-9-25-11-18(26)20(28)21(29)19(27)12-25/h5-8,14,18-21,26-29H,1-4,9-13H2/t18-,19-,20+,21+/m0/s1. The Hall–Kier alpha value is -1.46. The number of unbranched alkanes of at least 4 members (excludes halogenated alkanes) is 3. The van der Waals surface area contributed by atoms with Gasteiger partial charge in [-0.25, -0.2) is 9.37 Å². The first kappa shape index (κ1) is 24.2. The Morgan fingerprint density at radius 3 is 2.29 bits per heavy atom. The van der Waals surface area contributed by atoms with Crippen molar-refractivity contribution in [3.8, 4) is 10.6 Å². The Balaban J connectivity index is 1.26. The minimum atomic E-state index is -1.32. The van der Waals surface area contributed by atoms with Crippen molar-refractivity contribution in [1.82, 2.24) is 9.88 Å². The molecule has 0 unspecified atom stereocenters. The predicted octanol–water partition coefficient (Wildman–Crippen LogP) is 1.79. The highest BCUT2D eigenvalue weighted by Gasteiger charge is 2.35. The van der Waals surface area contributed by atoms with E-state index in [-0.39, 0.29) is 18.9 Å². The molecule has 0 aliphatic carbocycles. The second-order valence-electron chi connectivity index (χ2n) is 7.99. The molecule has 1 aliphatic rings. The maximum absolute atomic E-state index is 13.0. The number of benzene rings is 1. The van der Waals surface area contributed by atoms with Gasteiger partial charge in [-0.2, -0.15) is 0 Å². The first-order chi connectivity index (χ1) is 14.9. The number of aliphatic hydroxyl groups excluding tert-OH is 4. The Morgan fingerprint density at radius 2 is 1.61 bits per heavy atom. The van der Waals surface area contributed by atoms with E-state index in [9.17, 15) is 24.8 Å². The number of aromatic nitrogens is 1. The van der Waals surface area contributed by atoms with E-state index in [0.717, 1.165) is 41.9 Å². The summed E-state index contributed by atoms with van der Waals surface area (Å²) < 4.78 is 18.7. The summed E-state index contributed by atoms with van der Waals surface area (Å²) in [5.41, 5.74) is 1.76. The van der Waals surface area contributed by atoms with Gasteiger partial charge in [-0.15, -0.1) is 11.3 Å². The average Bonchev–Trinajstić information content (AvgIpc) is 3.20. The number of rotatable bonds is 10. The number of likely N-dealkylation sites (tertiary alicyclic amines) is 1. The van der Waals surface area contributed by atoms with Crippen molar-refractivity contribution in [1.29, 1.82) is 0 Å². The van der Waals surface area contributed by atoms with Crippen LogP contribution < -0.4 is 0 Å². The quantitative estimate of drug-likeness (QED) is 0.406. The van der Waals surface area contributed by atoms with E-state index >= 15 is 0 Å². The third-order valence-corrected chi connectivity index (χ3v) is 6.37. The minimum absolute atomic E-state index is 0.242. The molecular weight excluding hydrogens is 423 g/mol. The number of thiazole rings is 1. The normalized spacial score (nSPS) is 24.9. The van der Waals surface area contributed by atoms with Crippen LogP contribution in [0.25, 0.3) is 10.6 Å². The molecular formula is C22H31FN2O5S. The fraction of sp³-hybridized carbons (Fsp3) is 0.591. The van der Waals surface area contributed by atoms with E-state index in [1.807, 2.05) is 10.3 Å². The van der Waals surface area contributed by atoms with Gasteiger partial charge in [0.2, 0.25) is 0 Å². The number of halogens is 1. The third kappa shape index (κ3) is 7.28. The van der Waals surface area contributed by atoms with Gasteiger partial charge in [0.1, 0.15) is 23.0 Å². The summed E-state index contributed by atoms with van der Waals surface area (Å²) in [5, 5.41) is 42.1. The highest BCUT2D eigenvalue weighted by atomic mass is 32.1. The molecule has 1 aromatic carbocycles. The second kappa shape index (κ2) is 12.0. The molecule has 2 heterocycles. The van der Waals surface area contributed by atoms with Crippen LogP contribution in [-0.4, -0.2) is 81.0 Å². The molecule has 0 amide bonds. The van der Waals surface area contributed by atoms with E-state index < -0.39 is 24.4 Å². The topological polar surface area (TPSA) is 106 Å². The van der Waals surface area contributed by atoms with Crippen LogP contribution >= 0.6 is 11.3 Å². The number of aliphatic hydroxyl groups is 4. The first-order valence-corrected chi connectivity index (χ1v) is 11.5. The lowest BCUT2D eigenvalue weighted by molar-refractivity contribution is -0.0894. The Kier molecular flexibility index (Phi) is 9.33. The summed E-state index contributed by atoms with van der Waals surface area (Å²) in [6, 6.07) is 6.29. The minimum Gasteiger partial charge on any atom is -0.389 e. The third-order valence-electron chi connectivity index (χ3n) is 5.43. The van der Waals surface area contributed by atoms with Crippen molar-refractivity contribution in [2.24, 2.45) is 0 Å². The molecule has 4 atom stereocenters. The van der Waals surface area contributed by atoms with E-state index in [2.05, 4.69) is 4.98 Å². The molecule has 0 spiro atoms. The van der Waals surface area contributed by atoms with Gasteiger partial charge in [0, 0.05) is 30.6 Å². The maximum atomic E-state index is 13.0. The van der Waals surface area contributed by atoms with Gasteiger partial charge in [-0.1, -0.05) is 12.8 Å². The van der Waals surface area contributed by atoms with Gasteiger partial charge in [0.15, 0.2) is 0 Å². The zero-order chi connectivity index (χ0) is 22.2. The predicted molar refractivity (Wildman–Crippen MR) is 116 cm³/mol. The van der Waals surface area contributed by atoms with Crippen molar-refractivity contribution >= 4 is 11.3 Å². The molecule has 0 saturated carbocycles. The molecule has 0 bridgehead atoms. The van der Waals surface area contributed by atoms with Crippen molar-refractivity contribution in [2.75, 3.05) is 26.2 Å². The van der Waals surface area contributed by atoms with Crippen LogP contribution in [0.15, 0.2) is 29.6 Å². The van der Waals surface area contributed by atoms with E-state index in [0.29, 0.717) is 19.8 Å². The summed E-state index contributed by atoms with van der Waals surface area (Å²) in [7, 11) is 0. The van der Waals surface area contributed by atoms with Crippen molar-refractivity contribution < 1.29 is 29.6 Å². The fourth-order valence-corrected chi connectivity index (χ4v) is 4.44. The maximum Gasteiger partial charge on any atom is 0.123 e. The monoisotopic (exact) mass is 454 g/mol. The zero-order valence-corrected chi connectivity index (χ0v) is 18.3. The molecule has 3 rings (SSSR count). The van der Waals surface area contributed by atoms with E-state index in [1.165, 1.54) is 23.5 Å². The molecule has 1 saturated heterocycles.